The Balaban J connectivity index is 1.43. The first kappa shape index (κ1) is 17.6. The van der Waals surface area contributed by atoms with Gasteiger partial charge < -0.3 is 19.8 Å². The van der Waals surface area contributed by atoms with E-state index in [1.807, 2.05) is 48.5 Å². The summed E-state index contributed by atoms with van der Waals surface area (Å²) in [6.45, 7) is 2.10. The van der Waals surface area contributed by atoms with Crippen LogP contribution in [-0.2, 0) is 16.1 Å². The fourth-order valence-electron chi connectivity index (χ4n) is 3.62. The number of H-pyrrole nitrogens is 1. The van der Waals surface area contributed by atoms with Crippen molar-refractivity contribution in [1.82, 2.24) is 10.3 Å². The van der Waals surface area contributed by atoms with E-state index in [1.165, 1.54) is 5.56 Å². The van der Waals surface area contributed by atoms with Gasteiger partial charge in [-0.3, -0.25) is 4.79 Å². The van der Waals surface area contributed by atoms with Gasteiger partial charge in [0, 0.05) is 36.9 Å². The first-order valence-electron chi connectivity index (χ1n) is 9.42. The molecule has 4 rings (SSSR count). The molecule has 0 spiro atoms. The van der Waals surface area contributed by atoms with Gasteiger partial charge in [0.15, 0.2) is 6.61 Å². The summed E-state index contributed by atoms with van der Waals surface area (Å²) in [5.41, 5.74) is 3.37. The third-order valence-corrected chi connectivity index (χ3v) is 5.05. The minimum atomic E-state index is -0.126. The summed E-state index contributed by atoms with van der Waals surface area (Å²) in [6, 6.07) is 15.8. The molecule has 1 aromatic heterocycles. The third kappa shape index (κ3) is 4.14. The zero-order chi connectivity index (χ0) is 18.5. The van der Waals surface area contributed by atoms with Crippen molar-refractivity contribution in [3.63, 3.8) is 0 Å². The van der Waals surface area contributed by atoms with Crippen LogP contribution >= 0.6 is 0 Å². The van der Waals surface area contributed by atoms with Crippen molar-refractivity contribution < 1.29 is 14.3 Å². The number of benzene rings is 2. The monoisotopic (exact) mass is 364 g/mol. The molecule has 2 aromatic carbocycles. The topological polar surface area (TPSA) is 63.4 Å². The lowest BCUT2D eigenvalue weighted by Crippen LogP contribution is -2.28. The quantitative estimate of drug-likeness (QED) is 0.700. The third-order valence-electron chi connectivity index (χ3n) is 5.05. The molecular formula is C22H24N2O3. The van der Waals surface area contributed by atoms with Gasteiger partial charge in [0.25, 0.3) is 5.91 Å². The van der Waals surface area contributed by atoms with Crippen molar-refractivity contribution in [2.45, 2.75) is 25.3 Å². The summed E-state index contributed by atoms with van der Waals surface area (Å²) in [6.07, 6.45) is 4.10. The number of fused-ring (bicyclic) bond motifs is 1. The Bertz CT molecular complexity index is 898. The number of rotatable bonds is 6. The Morgan fingerprint density at radius 3 is 2.74 bits per heavy atom. The molecule has 2 heterocycles. The second kappa shape index (κ2) is 8.27. The summed E-state index contributed by atoms with van der Waals surface area (Å²) in [5, 5.41) is 3.98. The van der Waals surface area contributed by atoms with Crippen LogP contribution < -0.4 is 10.1 Å². The van der Waals surface area contributed by atoms with E-state index in [2.05, 4.69) is 16.5 Å². The lowest BCUT2D eigenvalue weighted by molar-refractivity contribution is -0.123. The number of hydrogen-bond acceptors (Lipinski definition) is 3. The van der Waals surface area contributed by atoms with Gasteiger partial charge in [-0.2, -0.15) is 0 Å². The summed E-state index contributed by atoms with van der Waals surface area (Å²) < 4.78 is 11.4. The van der Waals surface area contributed by atoms with Crippen LogP contribution in [-0.4, -0.2) is 30.7 Å². The number of carbonyl (C=O) groups excluding carboxylic acids is 1. The van der Waals surface area contributed by atoms with Crippen molar-refractivity contribution in [3.8, 4) is 5.75 Å². The number of aromatic amines is 1. The van der Waals surface area contributed by atoms with Crippen LogP contribution in [0.25, 0.3) is 10.9 Å². The van der Waals surface area contributed by atoms with Gasteiger partial charge in [-0.25, -0.2) is 0 Å². The van der Waals surface area contributed by atoms with Gasteiger partial charge in [-0.15, -0.1) is 0 Å². The van der Waals surface area contributed by atoms with Gasteiger partial charge in [0.05, 0.1) is 0 Å². The Kier molecular flexibility index (Phi) is 5.39. The molecule has 5 heteroatoms. The predicted molar refractivity (Wildman–Crippen MR) is 105 cm³/mol. The molecule has 0 atom stereocenters. The maximum Gasteiger partial charge on any atom is 0.258 e. The van der Waals surface area contributed by atoms with E-state index in [4.69, 9.17) is 9.47 Å². The summed E-state index contributed by atoms with van der Waals surface area (Å²) in [7, 11) is 0. The van der Waals surface area contributed by atoms with Crippen LogP contribution in [0.1, 0.15) is 29.9 Å². The van der Waals surface area contributed by atoms with Crippen LogP contribution in [0, 0.1) is 0 Å². The number of nitrogens with one attached hydrogen (secondary N) is 2. The largest absolute Gasteiger partial charge is 0.483 e. The molecule has 27 heavy (non-hydrogen) atoms. The number of amides is 1. The van der Waals surface area contributed by atoms with Crippen molar-refractivity contribution in [2.75, 3.05) is 19.8 Å². The Hall–Kier alpha value is -2.79. The van der Waals surface area contributed by atoms with E-state index >= 15 is 0 Å². The maximum absolute atomic E-state index is 12.2. The van der Waals surface area contributed by atoms with Gasteiger partial charge in [0.1, 0.15) is 5.75 Å². The lowest BCUT2D eigenvalue weighted by Gasteiger charge is -2.22. The molecule has 0 saturated carbocycles. The fraction of sp³-hybridized carbons (Fsp3) is 0.318. The van der Waals surface area contributed by atoms with Crippen LogP contribution in [0.15, 0.2) is 54.7 Å². The average molecular weight is 364 g/mol. The standard InChI is InChI=1S/C22H24N2O3/c25-21(24-13-16-5-2-1-3-6-16)15-27-20-8-4-7-19-22(20)18(14-23-19)17-9-11-26-12-10-17/h1-8,14,17,23H,9-13,15H2,(H,24,25). The molecule has 0 bridgehead atoms. The second-order valence-corrected chi connectivity index (χ2v) is 6.86. The highest BCUT2D eigenvalue weighted by Crippen LogP contribution is 2.37. The number of aromatic nitrogens is 1. The van der Waals surface area contributed by atoms with E-state index in [1.54, 1.807) is 0 Å². The Morgan fingerprint density at radius 2 is 1.93 bits per heavy atom. The molecule has 0 radical (unpaired) electrons. The second-order valence-electron chi connectivity index (χ2n) is 6.86. The zero-order valence-electron chi connectivity index (χ0n) is 15.2. The SMILES string of the molecule is O=C(COc1cccc2[nH]cc(C3CCOCC3)c12)NCc1ccccc1. The highest BCUT2D eigenvalue weighted by atomic mass is 16.5. The summed E-state index contributed by atoms with van der Waals surface area (Å²) >= 11 is 0. The normalized spacial score (nSPS) is 15.0. The molecule has 2 N–H and O–H groups in total. The lowest BCUT2D eigenvalue weighted by atomic mass is 9.91. The van der Waals surface area contributed by atoms with Gasteiger partial charge >= 0.3 is 0 Å². The van der Waals surface area contributed by atoms with Crippen LogP contribution in [0.2, 0.25) is 0 Å². The first-order valence-corrected chi connectivity index (χ1v) is 9.42. The van der Waals surface area contributed by atoms with Crippen molar-refractivity contribution in [2.24, 2.45) is 0 Å². The van der Waals surface area contributed by atoms with Gasteiger partial charge in [-0.1, -0.05) is 36.4 Å². The minimum Gasteiger partial charge on any atom is -0.483 e. The van der Waals surface area contributed by atoms with Crippen LogP contribution in [0.4, 0.5) is 0 Å². The number of hydrogen-bond donors (Lipinski definition) is 2. The van der Waals surface area contributed by atoms with Crippen molar-refractivity contribution in [3.05, 3.63) is 65.9 Å². The molecular weight excluding hydrogens is 340 g/mol. The molecule has 140 valence electrons. The molecule has 5 nitrogen and oxygen atoms in total. The summed E-state index contributed by atoms with van der Waals surface area (Å²) in [4.78, 5) is 15.5. The average Bonchev–Trinajstić information content (AvgIpc) is 3.17. The minimum absolute atomic E-state index is 0.00431. The molecule has 1 aliphatic rings. The summed E-state index contributed by atoms with van der Waals surface area (Å²) in [5.74, 6) is 1.09. The predicted octanol–water partition coefficient (Wildman–Crippen LogP) is 3.76. The van der Waals surface area contributed by atoms with Crippen molar-refractivity contribution in [1.29, 1.82) is 0 Å². The van der Waals surface area contributed by atoms with E-state index < -0.39 is 0 Å². The molecule has 1 saturated heterocycles. The van der Waals surface area contributed by atoms with E-state index in [-0.39, 0.29) is 12.5 Å². The smallest absolute Gasteiger partial charge is 0.258 e. The molecule has 0 unspecified atom stereocenters. The highest BCUT2D eigenvalue weighted by Gasteiger charge is 2.21. The Morgan fingerprint density at radius 1 is 1.11 bits per heavy atom. The fourth-order valence-corrected chi connectivity index (χ4v) is 3.62. The Labute approximate surface area is 158 Å². The van der Waals surface area contributed by atoms with E-state index in [0.29, 0.717) is 12.5 Å². The van der Waals surface area contributed by atoms with Crippen LogP contribution in [0.5, 0.6) is 5.75 Å². The molecule has 1 amide bonds. The van der Waals surface area contributed by atoms with E-state index in [0.717, 1.165) is 48.3 Å². The number of ether oxygens (including phenoxy) is 2. The highest BCUT2D eigenvalue weighted by molar-refractivity contribution is 5.90. The van der Waals surface area contributed by atoms with Gasteiger partial charge in [0.2, 0.25) is 0 Å². The van der Waals surface area contributed by atoms with Crippen molar-refractivity contribution >= 4 is 16.8 Å². The van der Waals surface area contributed by atoms with E-state index in [9.17, 15) is 4.79 Å². The molecule has 3 aromatic rings. The van der Waals surface area contributed by atoms with Gasteiger partial charge in [-0.05, 0) is 42.0 Å². The molecule has 1 fully saturated rings. The molecule has 0 aliphatic carbocycles. The maximum atomic E-state index is 12.2. The first-order chi connectivity index (χ1) is 13.3. The molecule has 1 aliphatic heterocycles. The van der Waals surface area contributed by atoms with Crippen LogP contribution in [0.3, 0.4) is 0 Å². The number of carbonyl (C=O) groups is 1. The zero-order valence-corrected chi connectivity index (χ0v) is 15.2.